The molecular weight excluding hydrogens is 289 g/mol. The van der Waals surface area contributed by atoms with Crippen LogP contribution in [-0.4, -0.2) is 38.2 Å². The molecule has 1 rings (SSSR count). The largest absolute Gasteiger partial charge is 0.490 e. The van der Waals surface area contributed by atoms with Crippen LogP contribution in [-0.2, 0) is 16.0 Å². The molecule has 0 amide bonds. The molecule has 0 aromatic carbocycles. The predicted octanol–water partition coefficient (Wildman–Crippen LogP) is 1.25. The lowest BCUT2D eigenvalue weighted by molar-refractivity contribution is -0.385. The van der Waals surface area contributed by atoms with Gasteiger partial charge in [0.25, 0.3) is 5.69 Å². The Balaban J connectivity index is 0.000000441. The van der Waals surface area contributed by atoms with E-state index in [1.54, 1.807) is 0 Å². The molecule has 0 fully saturated rings. The second kappa shape index (κ2) is 7.01. The fraction of sp³-hybridized carbons (Fsp3) is 0.222. The van der Waals surface area contributed by atoms with Crippen molar-refractivity contribution in [2.24, 2.45) is 0 Å². The summed E-state index contributed by atoms with van der Waals surface area (Å²) in [6.45, 7) is 0. The Bertz CT molecular complexity index is 499. The van der Waals surface area contributed by atoms with Crippen molar-refractivity contribution in [2.45, 2.75) is 12.6 Å². The van der Waals surface area contributed by atoms with E-state index >= 15 is 0 Å². The van der Waals surface area contributed by atoms with Crippen LogP contribution in [0, 0.1) is 10.1 Å². The molecule has 8 nitrogen and oxygen atoms in total. The molecule has 0 saturated carbocycles. The number of nitro groups is 1. The molecule has 0 aliphatic heterocycles. The van der Waals surface area contributed by atoms with Crippen LogP contribution in [0.3, 0.4) is 0 Å². The number of pyridine rings is 1. The third-order valence-corrected chi connectivity index (χ3v) is 1.59. The topological polar surface area (TPSA) is 131 Å². The Morgan fingerprint density at radius 1 is 1.30 bits per heavy atom. The minimum Gasteiger partial charge on any atom is -0.481 e. The summed E-state index contributed by atoms with van der Waals surface area (Å²) in [5, 5.41) is 25.7. The summed E-state index contributed by atoms with van der Waals surface area (Å²) in [5.74, 6) is -3.77. The molecule has 20 heavy (non-hydrogen) atoms. The van der Waals surface area contributed by atoms with Crippen molar-refractivity contribution in [3.05, 3.63) is 34.1 Å². The van der Waals surface area contributed by atoms with Gasteiger partial charge in [-0.1, -0.05) is 0 Å². The SMILES string of the molecule is O=C(O)C(F)(F)F.O=C(O)Cc1ccc([N+](=O)[O-])cn1. The second-order valence-electron chi connectivity index (χ2n) is 3.14. The first kappa shape index (κ1) is 17.3. The molecule has 0 spiro atoms. The second-order valence-corrected chi connectivity index (χ2v) is 3.14. The molecule has 1 aromatic rings. The summed E-state index contributed by atoms with van der Waals surface area (Å²) in [5.41, 5.74) is 0.159. The number of carbonyl (C=O) groups is 2. The summed E-state index contributed by atoms with van der Waals surface area (Å²) in [6, 6.07) is 2.55. The van der Waals surface area contributed by atoms with Gasteiger partial charge in [0.1, 0.15) is 6.20 Å². The number of aliphatic carboxylic acids is 2. The molecular formula is C9H7F3N2O6. The maximum Gasteiger partial charge on any atom is 0.490 e. The molecule has 0 atom stereocenters. The van der Waals surface area contributed by atoms with Gasteiger partial charge in [0.2, 0.25) is 0 Å². The van der Waals surface area contributed by atoms with Gasteiger partial charge in [0.05, 0.1) is 17.0 Å². The normalized spacial score (nSPS) is 10.2. The van der Waals surface area contributed by atoms with E-state index in [1.165, 1.54) is 12.1 Å². The van der Waals surface area contributed by atoms with Crippen LogP contribution in [0.4, 0.5) is 18.9 Å². The molecule has 2 N–H and O–H groups in total. The van der Waals surface area contributed by atoms with Crippen LogP contribution in [0.15, 0.2) is 18.3 Å². The summed E-state index contributed by atoms with van der Waals surface area (Å²) in [7, 11) is 0. The average molecular weight is 296 g/mol. The highest BCUT2D eigenvalue weighted by Gasteiger charge is 2.38. The van der Waals surface area contributed by atoms with Crippen molar-refractivity contribution < 1.29 is 37.9 Å². The van der Waals surface area contributed by atoms with E-state index in [0.717, 1.165) is 6.20 Å². The zero-order valence-corrected chi connectivity index (χ0v) is 9.49. The van der Waals surface area contributed by atoms with E-state index in [1.807, 2.05) is 0 Å². The Morgan fingerprint density at radius 2 is 1.80 bits per heavy atom. The number of halogens is 3. The molecule has 0 unspecified atom stereocenters. The fourth-order valence-electron chi connectivity index (χ4n) is 0.784. The molecule has 0 saturated heterocycles. The molecule has 1 aromatic heterocycles. The van der Waals surface area contributed by atoms with E-state index < -0.39 is 23.0 Å². The van der Waals surface area contributed by atoms with Crippen molar-refractivity contribution in [1.82, 2.24) is 4.98 Å². The maximum absolute atomic E-state index is 10.6. The fourth-order valence-corrected chi connectivity index (χ4v) is 0.784. The number of aromatic nitrogens is 1. The molecule has 1 heterocycles. The summed E-state index contributed by atoms with van der Waals surface area (Å²) in [4.78, 5) is 32.3. The van der Waals surface area contributed by atoms with Gasteiger partial charge in [0.15, 0.2) is 0 Å². The summed E-state index contributed by atoms with van der Waals surface area (Å²) in [6.07, 6.45) is -4.27. The molecule has 0 bridgehead atoms. The number of alkyl halides is 3. The molecule has 0 aliphatic rings. The molecule has 0 radical (unpaired) electrons. The van der Waals surface area contributed by atoms with Crippen LogP contribution in [0.2, 0.25) is 0 Å². The van der Waals surface area contributed by atoms with E-state index in [-0.39, 0.29) is 12.1 Å². The highest BCUT2D eigenvalue weighted by Crippen LogP contribution is 2.13. The van der Waals surface area contributed by atoms with E-state index in [4.69, 9.17) is 15.0 Å². The van der Waals surface area contributed by atoms with E-state index in [2.05, 4.69) is 4.98 Å². The Morgan fingerprint density at radius 3 is 2.05 bits per heavy atom. The Hall–Kier alpha value is -2.72. The highest BCUT2D eigenvalue weighted by atomic mass is 19.4. The van der Waals surface area contributed by atoms with Gasteiger partial charge in [0, 0.05) is 6.07 Å². The van der Waals surface area contributed by atoms with Crippen molar-refractivity contribution in [3.63, 3.8) is 0 Å². The first-order chi connectivity index (χ1) is 9.04. The maximum atomic E-state index is 10.6. The van der Waals surface area contributed by atoms with Crippen LogP contribution in [0.1, 0.15) is 5.69 Å². The average Bonchev–Trinajstić information content (AvgIpc) is 2.28. The van der Waals surface area contributed by atoms with Gasteiger partial charge in [-0.25, -0.2) is 4.79 Å². The predicted molar refractivity (Wildman–Crippen MR) is 55.9 cm³/mol. The Kier molecular flexibility index (Phi) is 6.06. The first-order valence-corrected chi connectivity index (χ1v) is 4.65. The number of rotatable bonds is 3. The van der Waals surface area contributed by atoms with Gasteiger partial charge >= 0.3 is 18.1 Å². The molecule has 11 heteroatoms. The lowest BCUT2D eigenvalue weighted by Crippen LogP contribution is -2.21. The summed E-state index contributed by atoms with van der Waals surface area (Å²) >= 11 is 0. The van der Waals surface area contributed by atoms with Crippen LogP contribution >= 0.6 is 0 Å². The van der Waals surface area contributed by atoms with Gasteiger partial charge < -0.3 is 10.2 Å². The highest BCUT2D eigenvalue weighted by molar-refractivity contribution is 5.73. The minimum atomic E-state index is -5.08. The zero-order valence-electron chi connectivity index (χ0n) is 9.49. The first-order valence-electron chi connectivity index (χ1n) is 4.65. The van der Waals surface area contributed by atoms with Gasteiger partial charge in [-0.2, -0.15) is 13.2 Å². The number of carboxylic acids is 2. The zero-order chi connectivity index (χ0) is 15.9. The number of hydrogen-bond donors (Lipinski definition) is 2. The third kappa shape index (κ3) is 6.88. The quantitative estimate of drug-likeness (QED) is 0.633. The number of hydrogen-bond acceptors (Lipinski definition) is 5. The van der Waals surface area contributed by atoms with Crippen molar-refractivity contribution in [3.8, 4) is 0 Å². The molecule has 0 aliphatic carbocycles. The minimum absolute atomic E-state index is 0.144. The van der Waals surface area contributed by atoms with Crippen LogP contribution in [0.5, 0.6) is 0 Å². The monoisotopic (exact) mass is 296 g/mol. The standard InChI is InChI=1S/C7H6N2O4.C2HF3O2/c10-7(11)3-5-1-2-6(4-8-5)9(12)13;3-2(4,5)1(6)7/h1-2,4H,3H2,(H,10,11);(H,6,7). The van der Waals surface area contributed by atoms with E-state index in [9.17, 15) is 28.1 Å². The van der Waals surface area contributed by atoms with Gasteiger partial charge in [-0.15, -0.1) is 0 Å². The van der Waals surface area contributed by atoms with Crippen LogP contribution < -0.4 is 0 Å². The van der Waals surface area contributed by atoms with Crippen LogP contribution in [0.25, 0.3) is 0 Å². The Labute approximate surface area is 108 Å². The van der Waals surface area contributed by atoms with Gasteiger partial charge in [-0.3, -0.25) is 19.9 Å². The van der Waals surface area contributed by atoms with Crippen molar-refractivity contribution in [1.29, 1.82) is 0 Å². The lowest BCUT2D eigenvalue weighted by Gasteiger charge is -1.94. The van der Waals surface area contributed by atoms with Crippen molar-refractivity contribution in [2.75, 3.05) is 0 Å². The van der Waals surface area contributed by atoms with Gasteiger partial charge in [-0.05, 0) is 6.07 Å². The van der Waals surface area contributed by atoms with Crippen molar-refractivity contribution >= 4 is 17.6 Å². The third-order valence-electron chi connectivity index (χ3n) is 1.59. The van der Waals surface area contributed by atoms with E-state index in [0.29, 0.717) is 5.69 Å². The number of nitrogens with zero attached hydrogens (tertiary/aromatic N) is 2. The smallest absolute Gasteiger partial charge is 0.481 e. The number of carboxylic acid groups (broad SMARTS) is 2. The molecule has 110 valence electrons. The summed E-state index contributed by atoms with van der Waals surface area (Å²) < 4.78 is 31.7. The lowest BCUT2D eigenvalue weighted by atomic mass is 10.2.